The van der Waals surface area contributed by atoms with Crippen molar-refractivity contribution in [1.82, 2.24) is 4.90 Å². The number of carboxylic acids is 1. The van der Waals surface area contributed by atoms with Crippen LogP contribution in [0.1, 0.15) is 20.3 Å². The van der Waals surface area contributed by atoms with Gasteiger partial charge in [0.05, 0.1) is 13.0 Å². The molecule has 4 nitrogen and oxygen atoms in total. The van der Waals surface area contributed by atoms with Crippen molar-refractivity contribution >= 4 is 5.97 Å². The predicted octanol–water partition coefficient (Wildman–Crippen LogP) is 1.75. The van der Waals surface area contributed by atoms with E-state index >= 15 is 0 Å². The molecular weight excluding hydrogens is 239 g/mol. The zero-order chi connectivity index (χ0) is 13.6. The molecule has 102 valence electrons. The Bertz CT molecular complexity index is 243. The summed E-state index contributed by atoms with van der Waals surface area (Å²) >= 11 is 0. The second kappa shape index (κ2) is 6.80. The predicted molar refractivity (Wildman–Crippen MR) is 55.8 cm³/mol. The minimum absolute atomic E-state index is 0.0472. The van der Waals surface area contributed by atoms with Gasteiger partial charge in [-0.05, 0) is 13.8 Å². The van der Waals surface area contributed by atoms with Gasteiger partial charge in [0.1, 0.15) is 6.04 Å². The van der Waals surface area contributed by atoms with Crippen molar-refractivity contribution in [1.29, 1.82) is 0 Å². The lowest BCUT2D eigenvalue weighted by atomic mass is 10.1. The van der Waals surface area contributed by atoms with Crippen LogP contribution in [0.5, 0.6) is 0 Å². The fourth-order valence-electron chi connectivity index (χ4n) is 1.56. The van der Waals surface area contributed by atoms with Gasteiger partial charge in [0.15, 0.2) is 0 Å². The molecule has 0 bridgehead atoms. The standard InChI is InChI=1S/C10H18F3NO3/c1-7(2)14(4-5-17-3)8(6-9(15)16)10(11,12)13/h7-8H,4-6H2,1-3H3,(H,15,16). The number of aliphatic carboxylic acids is 1. The van der Waals surface area contributed by atoms with Gasteiger partial charge < -0.3 is 9.84 Å². The zero-order valence-electron chi connectivity index (χ0n) is 10.1. The molecule has 0 fully saturated rings. The van der Waals surface area contributed by atoms with Gasteiger partial charge in [0.25, 0.3) is 0 Å². The molecule has 0 amide bonds. The lowest BCUT2D eigenvalue weighted by Gasteiger charge is -2.35. The van der Waals surface area contributed by atoms with E-state index in [1.54, 1.807) is 13.8 Å². The van der Waals surface area contributed by atoms with E-state index in [9.17, 15) is 18.0 Å². The van der Waals surface area contributed by atoms with Gasteiger partial charge in [-0.15, -0.1) is 0 Å². The number of methoxy groups -OCH3 is 1. The van der Waals surface area contributed by atoms with Crippen molar-refractivity contribution in [2.24, 2.45) is 0 Å². The maximum atomic E-state index is 12.8. The largest absolute Gasteiger partial charge is 0.481 e. The van der Waals surface area contributed by atoms with Crippen LogP contribution in [0.2, 0.25) is 0 Å². The summed E-state index contributed by atoms with van der Waals surface area (Å²) < 4.78 is 43.1. The first-order valence-electron chi connectivity index (χ1n) is 5.23. The van der Waals surface area contributed by atoms with Crippen LogP contribution < -0.4 is 0 Å². The molecule has 0 aromatic rings. The number of hydrogen-bond acceptors (Lipinski definition) is 3. The van der Waals surface area contributed by atoms with Crippen LogP contribution in [0.25, 0.3) is 0 Å². The summed E-state index contributed by atoms with van der Waals surface area (Å²) in [5.74, 6) is -1.46. The number of ether oxygens (including phenoxy) is 1. The molecule has 0 aromatic carbocycles. The number of rotatable bonds is 7. The Labute approximate surface area is 98.3 Å². The highest BCUT2D eigenvalue weighted by atomic mass is 19.4. The summed E-state index contributed by atoms with van der Waals surface area (Å²) in [6, 6.07) is -2.38. The highest BCUT2D eigenvalue weighted by Crippen LogP contribution is 2.28. The molecule has 0 saturated carbocycles. The van der Waals surface area contributed by atoms with Crippen molar-refractivity contribution in [2.75, 3.05) is 20.3 Å². The third-order valence-electron chi connectivity index (χ3n) is 2.36. The molecule has 0 aliphatic carbocycles. The van der Waals surface area contributed by atoms with E-state index < -0.39 is 30.7 Å². The summed E-state index contributed by atoms with van der Waals surface area (Å²) in [5, 5.41) is 8.55. The third kappa shape index (κ3) is 5.88. The number of nitrogens with zero attached hydrogens (tertiary/aromatic N) is 1. The van der Waals surface area contributed by atoms with Crippen LogP contribution in [-0.2, 0) is 9.53 Å². The van der Waals surface area contributed by atoms with Crippen molar-refractivity contribution < 1.29 is 27.8 Å². The third-order valence-corrected chi connectivity index (χ3v) is 2.36. The Hall–Kier alpha value is -0.820. The Morgan fingerprint density at radius 3 is 2.24 bits per heavy atom. The van der Waals surface area contributed by atoms with E-state index in [0.29, 0.717) is 0 Å². The Balaban J connectivity index is 4.87. The summed E-state index contributed by atoms with van der Waals surface area (Å²) in [7, 11) is 1.39. The Morgan fingerprint density at radius 1 is 1.41 bits per heavy atom. The van der Waals surface area contributed by atoms with E-state index in [-0.39, 0.29) is 13.2 Å². The van der Waals surface area contributed by atoms with Crippen molar-refractivity contribution in [3.8, 4) is 0 Å². The average Bonchev–Trinajstić information content (AvgIpc) is 2.14. The monoisotopic (exact) mass is 257 g/mol. The van der Waals surface area contributed by atoms with E-state index in [1.807, 2.05) is 0 Å². The average molecular weight is 257 g/mol. The van der Waals surface area contributed by atoms with Crippen LogP contribution in [0.4, 0.5) is 13.2 Å². The molecule has 1 N–H and O–H groups in total. The SMILES string of the molecule is COCCN(C(C)C)C(CC(=O)O)C(F)(F)F. The van der Waals surface area contributed by atoms with Gasteiger partial charge in [-0.3, -0.25) is 9.69 Å². The van der Waals surface area contributed by atoms with Gasteiger partial charge in [-0.2, -0.15) is 13.2 Å². The maximum absolute atomic E-state index is 12.8. The summed E-state index contributed by atoms with van der Waals surface area (Å²) in [6.45, 7) is 3.36. The van der Waals surface area contributed by atoms with E-state index in [2.05, 4.69) is 0 Å². The molecule has 1 atom stereocenters. The smallest absolute Gasteiger partial charge is 0.404 e. The van der Waals surface area contributed by atoms with Crippen LogP contribution in [0.15, 0.2) is 0 Å². The molecule has 17 heavy (non-hydrogen) atoms. The van der Waals surface area contributed by atoms with Crippen molar-refractivity contribution in [3.63, 3.8) is 0 Å². The number of carboxylic acid groups (broad SMARTS) is 1. The molecule has 7 heteroatoms. The fraction of sp³-hybridized carbons (Fsp3) is 0.900. The second-order valence-electron chi connectivity index (χ2n) is 3.98. The van der Waals surface area contributed by atoms with Gasteiger partial charge in [0.2, 0.25) is 0 Å². The first-order valence-corrected chi connectivity index (χ1v) is 5.23. The lowest BCUT2D eigenvalue weighted by Crippen LogP contribution is -2.51. The van der Waals surface area contributed by atoms with E-state index in [0.717, 1.165) is 4.90 Å². The summed E-state index contributed by atoms with van der Waals surface area (Å²) in [5.41, 5.74) is 0. The van der Waals surface area contributed by atoms with Gasteiger partial charge in [0, 0.05) is 19.7 Å². The van der Waals surface area contributed by atoms with Gasteiger partial charge in [-0.1, -0.05) is 0 Å². The molecule has 0 aliphatic rings. The van der Waals surface area contributed by atoms with Crippen LogP contribution in [0, 0.1) is 0 Å². The van der Waals surface area contributed by atoms with Crippen LogP contribution >= 0.6 is 0 Å². The number of halogens is 3. The minimum Gasteiger partial charge on any atom is -0.481 e. The Kier molecular flexibility index (Phi) is 6.48. The molecule has 0 rings (SSSR count). The molecule has 0 aromatic heterocycles. The summed E-state index contributed by atoms with van der Waals surface area (Å²) in [4.78, 5) is 11.6. The lowest BCUT2D eigenvalue weighted by molar-refractivity contribution is -0.195. The first kappa shape index (κ1) is 16.2. The molecule has 0 aliphatic heterocycles. The van der Waals surface area contributed by atoms with E-state index in [4.69, 9.17) is 9.84 Å². The number of hydrogen-bond donors (Lipinski definition) is 1. The highest BCUT2D eigenvalue weighted by molar-refractivity contribution is 5.67. The Morgan fingerprint density at radius 2 is 1.94 bits per heavy atom. The highest BCUT2D eigenvalue weighted by Gasteiger charge is 2.45. The molecular formula is C10H18F3NO3. The zero-order valence-corrected chi connectivity index (χ0v) is 10.1. The summed E-state index contributed by atoms with van der Waals surface area (Å²) in [6.07, 6.45) is -5.51. The van der Waals surface area contributed by atoms with Crippen LogP contribution in [0.3, 0.4) is 0 Å². The topological polar surface area (TPSA) is 49.8 Å². The molecule has 0 radical (unpaired) electrons. The molecule has 0 spiro atoms. The second-order valence-corrected chi connectivity index (χ2v) is 3.98. The number of alkyl halides is 3. The normalized spacial score (nSPS) is 14.4. The minimum atomic E-state index is -4.56. The van der Waals surface area contributed by atoms with Gasteiger partial charge >= 0.3 is 12.1 Å². The van der Waals surface area contributed by atoms with Crippen molar-refractivity contribution in [3.05, 3.63) is 0 Å². The van der Waals surface area contributed by atoms with Crippen LogP contribution in [-0.4, -0.2) is 54.5 Å². The molecule has 0 heterocycles. The van der Waals surface area contributed by atoms with E-state index in [1.165, 1.54) is 7.11 Å². The molecule has 0 saturated heterocycles. The fourth-order valence-corrected chi connectivity index (χ4v) is 1.56. The number of carbonyl (C=O) groups is 1. The molecule has 1 unspecified atom stereocenters. The maximum Gasteiger partial charge on any atom is 0.404 e. The quantitative estimate of drug-likeness (QED) is 0.755. The first-order chi connectivity index (χ1) is 7.70. The van der Waals surface area contributed by atoms with Crippen molar-refractivity contribution in [2.45, 2.75) is 38.5 Å². The van der Waals surface area contributed by atoms with Gasteiger partial charge in [-0.25, -0.2) is 0 Å².